The summed E-state index contributed by atoms with van der Waals surface area (Å²) < 4.78 is 6.90. The van der Waals surface area contributed by atoms with E-state index in [0.29, 0.717) is 33.5 Å². The molecule has 3 aromatic rings. The Bertz CT molecular complexity index is 1250. The molecule has 34 heavy (non-hydrogen) atoms. The molecule has 3 heterocycles. The van der Waals surface area contributed by atoms with Crippen molar-refractivity contribution in [2.75, 3.05) is 30.4 Å². The van der Waals surface area contributed by atoms with Crippen molar-refractivity contribution in [2.24, 2.45) is 5.92 Å². The number of piperidine rings is 1. The lowest BCUT2D eigenvalue weighted by molar-refractivity contribution is -0.125. The maximum Gasteiger partial charge on any atom is 0.273 e. The first-order chi connectivity index (χ1) is 16.4. The van der Waals surface area contributed by atoms with Crippen LogP contribution < -0.4 is 25.8 Å². The Kier molecular flexibility index (Phi) is 7.11. The van der Waals surface area contributed by atoms with E-state index in [1.807, 2.05) is 18.7 Å². The van der Waals surface area contributed by atoms with Crippen LogP contribution in [0, 0.1) is 5.92 Å². The molecule has 0 saturated carbocycles. The van der Waals surface area contributed by atoms with Gasteiger partial charge in [0.25, 0.3) is 5.56 Å². The predicted molar refractivity (Wildman–Crippen MR) is 132 cm³/mol. The molecule has 1 fully saturated rings. The van der Waals surface area contributed by atoms with E-state index in [-0.39, 0.29) is 35.9 Å². The molecule has 1 aliphatic rings. The number of thiazole rings is 1. The van der Waals surface area contributed by atoms with Gasteiger partial charge < -0.3 is 20.3 Å². The molecule has 180 valence electrons. The lowest BCUT2D eigenvalue weighted by Crippen LogP contribution is -2.44. The second-order valence-electron chi connectivity index (χ2n) is 8.52. The van der Waals surface area contributed by atoms with Gasteiger partial charge in [-0.3, -0.25) is 19.0 Å². The minimum atomic E-state index is -0.368. The van der Waals surface area contributed by atoms with Crippen LogP contribution in [0.2, 0.25) is 0 Å². The van der Waals surface area contributed by atoms with Crippen molar-refractivity contribution in [1.82, 2.24) is 19.9 Å². The molecule has 0 unspecified atom stereocenters. The fraction of sp³-hybridized carbons (Fsp3) is 0.435. The third-order valence-electron chi connectivity index (χ3n) is 5.56. The van der Waals surface area contributed by atoms with E-state index >= 15 is 0 Å². The van der Waals surface area contributed by atoms with Crippen LogP contribution in [0.5, 0.6) is 5.75 Å². The van der Waals surface area contributed by atoms with Gasteiger partial charge in [0.15, 0.2) is 10.8 Å². The molecule has 2 aromatic heterocycles. The number of hydrogen-bond donors (Lipinski definition) is 2. The molecule has 2 amide bonds. The second kappa shape index (κ2) is 10.2. The highest BCUT2D eigenvalue weighted by Crippen LogP contribution is 2.29. The van der Waals surface area contributed by atoms with Crippen molar-refractivity contribution in [3.05, 3.63) is 40.9 Å². The van der Waals surface area contributed by atoms with Crippen molar-refractivity contribution in [3.8, 4) is 5.75 Å². The summed E-state index contributed by atoms with van der Waals surface area (Å²) in [6, 6.07) is 7.15. The number of carbonyl (C=O) groups is 2. The summed E-state index contributed by atoms with van der Waals surface area (Å²) in [6.45, 7) is 5.02. The Hall–Kier alpha value is -3.47. The summed E-state index contributed by atoms with van der Waals surface area (Å²) in [5, 5.41) is 6.40. The van der Waals surface area contributed by atoms with Gasteiger partial charge in [-0.2, -0.15) is 4.98 Å². The topological polar surface area (TPSA) is 118 Å². The van der Waals surface area contributed by atoms with Gasteiger partial charge in [-0.25, -0.2) is 4.98 Å². The third-order valence-corrected chi connectivity index (χ3v) is 6.65. The third kappa shape index (κ3) is 5.19. The van der Waals surface area contributed by atoms with Crippen molar-refractivity contribution in [2.45, 2.75) is 39.3 Å². The summed E-state index contributed by atoms with van der Waals surface area (Å²) in [6.07, 6.45) is 3.03. The normalized spacial score (nSPS) is 16.0. The fourth-order valence-electron chi connectivity index (χ4n) is 3.94. The number of nitrogens with zero attached hydrogens (tertiary/aromatic N) is 4. The minimum absolute atomic E-state index is 0.0438. The molecule has 10 nitrogen and oxygen atoms in total. The van der Waals surface area contributed by atoms with Crippen molar-refractivity contribution < 1.29 is 14.3 Å². The highest BCUT2D eigenvalue weighted by molar-refractivity contribution is 7.22. The Morgan fingerprint density at radius 1 is 1.29 bits per heavy atom. The zero-order valence-corrected chi connectivity index (χ0v) is 20.2. The summed E-state index contributed by atoms with van der Waals surface area (Å²) in [5.74, 6) is 0.0899. The van der Waals surface area contributed by atoms with Crippen LogP contribution in [-0.2, 0) is 16.1 Å². The SMILES string of the molecule is COc1ccccc1NC(=O)Cn1cnc2nc(N3CCC[C@@H](C(=O)NC(C)C)C3)sc2c1=O. The fourth-order valence-corrected chi connectivity index (χ4v) is 4.95. The molecule has 0 aliphatic carbocycles. The van der Waals surface area contributed by atoms with Crippen LogP contribution >= 0.6 is 11.3 Å². The number of amides is 2. The molecule has 2 N–H and O–H groups in total. The summed E-state index contributed by atoms with van der Waals surface area (Å²) in [7, 11) is 1.52. The van der Waals surface area contributed by atoms with E-state index in [1.165, 1.54) is 29.3 Å². The number of carbonyl (C=O) groups excluding carboxylic acids is 2. The van der Waals surface area contributed by atoms with Crippen molar-refractivity contribution in [3.63, 3.8) is 0 Å². The molecule has 1 saturated heterocycles. The molecule has 0 spiro atoms. The molecule has 1 aliphatic heterocycles. The molecular formula is C23H28N6O4S. The summed E-state index contributed by atoms with van der Waals surface area (Å²) in [5.41, 5.74) is 0.550. The molecule has 0 radical (unpaired) electrons. The molecule has 1 aromatic carbocycles. The van der Waals surface area contributed by atoms with E-state index in [9.17, 15) is 14.4 Å². The average molecular weight is 485 g/mol. The van der Waals surface area contributed by atoms with Crippen molar-refractivity contribution >= 4 is 44.3 Å². The van der Waals surface area contributed by atoms with E-state index in [1.54, 1.807) is 24.3 Å². The smallest absolute Gasteiger partial charge is 0.273 e. The largest absolute Gasteiger partial charge is 0.495 e. The van der Waals surface area contributed by atoms with Crippen LogP contribution in [0.25, 0.3) is 10.3 Å². The van der Waals surface area contributed by atoms with Gasteiger partial charge in [0.1, 0.15) is 23.3 Å². The zero-order valence-electron chi connectivity index (χ0n) is 19.4. The number of rotatable bonds is 7. The number of nitrogens with one attached hydrogen (secondary N) is 2. The van der Waals surface area contributed by atoms with Crippen LogP contribution in [0.3, 0.4) is 0 Å². The maximum absolute atomic E-state index is 13.0. The number of aromatic nitrogens is 3. The number of fused-ring (bicyclic) bond motifs is 1. The predicted octanol–water partition coefficient (Wildman–Crippen LogP) is 2.24. The van der Waals surface area contributed by atoms with E-state index < -0.39 is 0 Å². The standard InChI is InChI=1S/C23H28N6O4S/c1-14(2)25-21(31)15-7-6-10-28(11-15)23-27-20-19(34-23)22(32)29(13-24-20)12-18(30)26-16-8-4-5-9-17(16)33-3/h4-5,8-9,13-15H,6-7,10-12H2,1-3H3,(H,25,31)(H,26,30)/t15-/m1/s1. The highest BCUT2D eigenvalue weighted by Gasteiger charge is 2.28. The second-order valence-corrected chi connectivity index (χ2v) is 9.50. The first kappa shape index (κ1) is 23.7. The van der Waals surface area contributed by atoms with Gasteiger partial charge in [-0.15, -0.1) is 0 Å². The number of hydrogen-bond acceptors (Lipinski definition) is 8. The minimum Gasteiger partial charge on any atom is -0.495 e. The van der Waals surface area contributed by atoms with Gasteiger partial charge in [0.05, 0.1) is 18.7 Å². The number of ether oxygens (including phenoxy) is 1. The number of methoxy groups -OCH3 is 1. The van der Waals surface area contributed by atoms with Gasteiger partial charge in [-0.1, -0.05) is 23.5 Å². The van der Waals surface area contributed by atoms with Crippen molar-refractivity contribution in [1.29, 1.82) is 0 Å². The lowest BCUT2D eigenvalue weighted by atomic mass is 9.97. The maximum atomic E-state index is 13.0. The molecule has 0 bridgehead atoms. The van der Waals surface area contributed by atoms with E-state index in [4.69, 9.17) is 4.74 Å². The summed E-state index contributed by atoms with van der Waals surface area (Å²) in [4.78, 5) is 48.9. The molecule has 4 rings (SSSR count). The first-order valence-electron chi connectivity index (χ1n) is 11.2. The Balaban J connectivity index is 1.50. The van der Waals surface area contributed by atoms with Gasteiger partial charge in [-0.05, 0) is 38.8 Å². The van der Waals surface area contributed by atoms with Crippen LogP contribution in [-0.4, -0.2) is 52.6 Å². The van der Waals surface area contributed by atoms with Crippen LogP contribution in [0.15, 0.2) is 35.4 Å². The Labute approximate surface area is 201 Å². The van der Waals surface area contributed by atoms with Crippen LogP contribution in [0.4, 0.5) is 10.8 Å². The zero-order chi connectivity index (χ0) is 24.2. The lowest BCUT2D eigenvalue weighted by Gasteiger charge is -2.32. The Morgan fingerprint density at radius 3 is 2.85 bits per heavy atom. The molecule has 11 heteroatoms. The number of anilines is 2. The molecule has 1 atom stereocenters. The van der Waals surface area contributed by atoms with Gasteiger partial charge in [0.2, 0.25) is 11.8 Å². The van der Waals surface area contributed by atoms with E-state index in [0.717, 1.165) is 19.4 Å². The van der Waals surface area contributed by atoms with Gasteiger partial charge in [0, 0.05) is 19.1 Å². The van der Waals surface area contributed by atoms with Crippen LogP contribution in [0.1, 0.15) is 26.7 Å². The monoisotopic (exact) mass is 484 g/mol. The van der Waals surface area contributed by atoms with Gasteiger partial charge >= 0.3 is 0 Å². The summed E-state index contributed by atoms with van der Waals surface area (Å²) >= 11 is 1.24. The number of benzene rings is 1. The molecular weight excluding hydrogens is 456 g/mol. The quantitative estimate of drug-likeness (QED) is 0.528. The van der Waals surface area contributed by atoms with E-state index in [2.05, 4.69) is 20.6 Å². The average Bonchev–Trinajstić information content (AvgIpc) is 3.26. The highest BCUT2D eigenvalue weighted by atomic mass is 32.1. The Morgan fingerprint density at radius 2 is 2.09 bits per heavy atom. The number of para-hydroxylation sites is 2. The first-order valence-corrected chi connectivity index (χ1v) is 12.0.